The Balaban J connectivity index is 1.88. The summed E-state index contributed by atoms with van der Waals surface area (Å²) < 4.78 is 5.40. The lowest BCUT2D eigenvalue weighted by molar-refractivity contribution is -0.127. The van der Waals surface area contributed by atoms with Crippen molar-refractivity contribution in [2.45, 2.75) is 18.6 Å². The molecule has 0 radical (unpaired) electrons. The zero-order valence-electron chi connectivity index (χ0n) is 12.4. The van der Waals surface area contributed by atoms with Gasteiger partial charge in [0, 0.05) is 38.0 Å². The van der Waals surface area contributed by atoms with Crippen LogP contribution in [0.5, 0.6) is 0 Å². The zero-order chi connectivity index (χ0) is 15.5. The first kappa shape index (κ1) is 14.5. The van der Waals surface area contributed by atoms with Gasteiger partial charge in [-0.2, -0.15) is 0 Å². The molecule has 1 saturated heterocycles. The number of nitrogens with one attached hydrogen (secondary N) is 1. The van der Waals surface area contributed by atoms with Gasteiger partial charge in [0.05, 0.1) is 24.0 Å². The third kappa shape index (κ3) is 2.65. The highest BCUT2D eigenvalue weighted by Crippen LogP contribution is 2.32. The first-order valence-electron chi connectivity index (χ1n) is 7.14. The van der Waals surface area contributed by atoms with Crippen molar-refractivity contribution in [2.75, 3.05) is 13.7 Å². The topological polar surface area (TPSA) is 71.1 Å². The number of ether oxygens (including phenoxy) is 1. The minimum atomic E-state index is -0.124. The summed E-state index contributed by atoms with van der Waals surface area (Å²) in [5.41, 5.74) is 1.85. The fraction of sp³-hybridized carbons (Fsp3) is 0.312. The Morgan fingerprint density at radius 1 is 1.55 bits per heavy atom. The summed E-state index contributed by atoms with van der Waals surface area (Å²) in [7, 11) is 1.66. The molecule has 0 bridgehead atoms. The lowest BCUT2D eigenvalue weighted by atomic mass is 10.2. The van der Waals surface area contributed by atoms with Gasteiger partial charge in [-0.15, -0.1) is 0 Å². The molecule has 2 aromatic rings. The van der Waals surface area contributed by atoms with E-state index >= 15 is 0 Å². The second-order valence-corrected chi connectivity index (χ2v) is 5.23. The number of carbonyl (C=O) groups excluding carboxylic acids is 1. The number of imidazole rings is 1. The zero-order valence-corrected chi connectivity index (χ0v) is 12.4. The summed E-state index contributed by atoms with van der Waals surface area (Å²) in [5, 5.41) is 0. The molecule has 6 nitrogen and oxygen atoms in total. The Morgan fingerprint density at radius 2 is 2.41 bits per heavy atom. The number of hydrogen-bond donors (Lipinski definition) is 1. The van der Waals surface area contributed by atoms with Crippen LogP contribution in [-0.4, -0.2) is 45.5 Å². The minimum Gasteiger partial charge on any atom is -0.380 e. The molecule has 2 aromatic heterocycles. The number of methoxy groups -OCH3 is 1. The molecule has 1 aliphatic rings. The van der Waals surface area contributed by atoms with E-state index in [1.807, 2.05) is 12.1 Å². The Hall–Kier alpha value is -2.47. The first-order chi connectivity index (χ1) is 10.7. The summed E-state index contributed by atoms with van der Waals surface area (Å²) in [4.78, 5) is 25.6. The summed E-state index contributed by atoms with van der Waals surface area (Å²) in [6, 6.07) is 3.71. The van der Waals surface area contributed by atoms with Gasteiger partial charge in [0.2, 0.25) is 5.91 Å². The largest absolute Gasteiger partial charge is 0.380 e. The van der Waals surface area contributed by atoms with E-state index in [2.05, 4.69) is 21.5 Å². The molecule has 0 saturated carbocycles. The highest BCUT2D eigenvalue weighted by atomic mass is 16.5. The van der Waals surface area contributed by atoms with E-state index in [0.29, 0.717) is 6.54 Å². The van der Waals surface area contributed by atoms with Crippen LogP contribution in [0.1, 0.15) is 18.3 Å². The third-order valence-electron chi connectivity index (χ3n) is 3.94. The molecule has 0 spiro atoms. The van der Waals surface area contributed by atoms with Crippen molar-refractivity contribution >= 4 is 5.91 Å². The van der Waals surface area contributed by atoms with Gasteiger partial charge < -0.3 is 14.6 Å². The smallest absolute Gasteiger partial charge is 0.246 e. The molecule has 0 unspecified atom stereocenters. The second-order valence-electron chi connectivity index (χ2n) is 5.23. The van der Waals surface area contributed by atoms with Gasteiger partial charge in [-0.3, -0.25) is 9.78 Å². The summed E-state index contributed by atoms with van der Waals surface area (Å²) in [5.74, 6) is 0.650. The summed E-state index contributed by atoms with van der Waals surface area (Å²) in [6.45, 7) is 4.12. The summed E-state index contributed by atoms with van der Waals surface area (Å²) in [6.07, 6.45) is 7.33. The van der Waals surface area contributed by atoms with Crippen molar-refractivity contribution in [1.82, 2.24) is 19.9 Å². The van der Waals surface area contributed by atoms with Crippen molar-refractivity contribution in [3.63, 3.8) is 0 Å². The molecular weight excluding hydrogens is 280 g/mol. The highest BCUT2D eigenvalue weighted by Gasteiger charge is 2.37. The molecule has 2 atom stereocenters. The quantitative estimate of drug-likeness (QED) is 0.876. The van der Waals surface area contributed by atoms with Crippen molar-refractivity contribution in [3.05, 3.63) is 49.2 Å². The monoisotopic (exact) mass is 298 g/mol. The Bertz CT molecular complexity index is 668. The Labute approximate surface area is 128 Å². The van der Waals surface area contributed by atoms with E-state index in [1.165, 1.54) is 6.08 Å². The number of aromatic nitrogens is 3. The first-order valence-corrected chi connectivity index (χ1v) is 7.14. The van der Waals surface area contributed by atoms with Crippen LogP contribution in [0.15, 0.2) is 43.4 Å². The molecule has 0 aromatic carbocycles. The summed E-state index contributed by atoms with van der Waals surface area (Å²) >= 11 is 0. The van der Waals surface area contributed by atoms with E-state index < -0.39 is 0 Å². The number of nitrogens with zero attached hydrogens (tertiary/aromatic N) is 3. The van der Waals surface area contributed by atoms with Gasteiger partial charge in [0.1, 0.15) is 5.82 Å². The maximum Gasteiger partial charge on any atom is 0.246 e. The molecular formula is C16H18N4O2. The van der Waals surface area contributed by atoms with Crippen LogP contribution in [0.4, 0.5) is 0 Å². The number of carbonyl (C=O) groups is 1. The number of likely N-dealkylation sites (tertiary alicyclic amines) is 1. The van der Waals surface area contributed by atoms with Crippen LogP contribution in [-0.2, 0) is 9.53 Å². The second kappa shape index (κ2) is 6.11. The normalized spacial score (nSPS) is 21.0. The van der Waals surface area contributed by atoms with Crippen molar-refractivity contribution in [3.8, 4) is 11.3 Å². The van der Waals surface area contributed by atoms with Gasteiger partial charge in [-0.25, -0.2) is 4.98 Å². The average molecular weight is 298 g/mol. The lowest BCUT2D eigenvalue weighted by Gasteiger charge is -2.21. The van der Waals surface area contributed by atoms with Crippen molar-refractivity contribution < 1.29 is 9.53 Å². The minimum absolute atomic E-state index is 0.0147. The fourth-order valence-electron chi connectivity index (χ4n) is 2.76. The number of pyridine rings is 1. The Kier molecular flexibility index (Phi) is 4.02. The van der Waals surface area contributed by atoms with Crippen LogP contribution in [0.3, 0.4) is 0 Å². The third-order valence-corrected chi connectivity index (χ3v) is 3.94. The van der Waals surface area contributed by atoms with Crippen molar-refractivity contribution in [1.29, 1.82) is 0 Å². The maximum absolute atomic E-state index is 12.0. The molecule has 1 aliphatic heterocycles. The van der Waals surface area contributed by atoms with Gasteiger partial charge in [0.15, 0.2) is 0 Å². The van der Waals surface area contributed by atoms with Crippen LogP contribution in [0.2, 0.25) is 0 Å². The SMILES string of the molecule is C=CC(=O)N1C[C@H](OC)C[C@@H]1c1ncc(-c2cccnc2)[nH]1. The number of H-pyrrole nitrogens is 1. The number of amides is 1. The predicted octanol–water partition coefficient (Wildman–Crippen LogP) is 1.95. The molecule has 1 amide bonds. The molecule has 22 heavy (non-hydrogen) atoms. The van der Waals surface area contributed by atoms with Crippen LogP contribution >= 0.6 is 0 Å². The van der Waals surface area contributed by atoms with Crippen molar-refractivity contribution in [2.24, 2.45) is 0 Å². The number of rotatable bonds is 4. The van der Waals surface area contributed by atoms with E-state index in [-0.39, 0.29) is 18.1 Å². The van der Waals surface area contributed by atoms with Gasteiger partial charge >= 0.3 is 0 Å². The van der Waals surface area contributed by atoms with E-state index in [4.69, 9.17) is 4.74 Å². The molecule has 1 fully saturated rings. The standard InChI is InChI=1S/C16H18N4O2/c1-3-15(21)20-10-12(22-2)7-14(20)16-18-9-13(19-16)11-5-4-6-17-8-11/h3-6,8-9,12,14H,1,7,10H2,2H3,(H,18,19)/t12-,14-/m1/s1. The molecule has 114 valence electrons. The molecule has 0 aliphatic carbocycles. The van der Waals surface area contributed by atoms with Gasteiger partial charge in [-0.05, 0) is 18.2 Å². The molecule has 3 heterocycles. The molecule has 1 N–H and O–H groups in total. The van der Waals surface area contributed by atoms with Crippen LogP contribution in [0, 0.1) is 0 Å². The Morgan fingerprint density at radius 3 is 3.09 bits per heavy atom. The molecule has 6 heteroatoms. The van der Waals surface area contributed by atoms with E-state index in [1.54, 1.807) is 30.6 Å². The van der Waals surface area contributed by atoms with Crippen LogP contribution < -0.4 is 0 Å². The van der Waals surface area contributed by atoms with Gasteiger partial charge in [-0.1, -0.05) is 6.58 Å². The predicted molar refractivity (Wildman–Crippen MR) is 81.9 cm³/mol. The molecule has 3 rings (SSSR count). The fourth-order valence-corrected chi connectivity index (χ4v) is 2.76. The number of hydrogen-bond acceptors (Lipinski definition) is 4. The maximum atomic E-state index is 12.0. The van der Waals surface area contributed by atoms with Gasteiger partial charge in [0.25, 0.3) is 0 Å². The highest BCUT2D eigenvalue weighted by molar-refractivity contribution is 5.87. The number of aromatic amines is 1. The van der Waals surface area contributed by atoms with E-state index in [0.717, 1.165) is 23.5 Å². The van der Waals surface area contributed by atoms with E-state index in [9.17, 15) is 4.79 Å². The van der Waals surface area contributed by atoms with Crippen LogP contribution in [0.25, 0.3) is 11.3 Å². The lowest BCUT2D eigenvalue weighted by Crippen LogP contribution is -2.30. The average Bonchev–Trinajstić information content (AvgIpc) is 3.21.